The fourth-order valence-corrected chi connectivity index (χ4v) is 4.93. The van der Waals surface area contributed by atoms with Crippen LogP contribution >= 0.6 is 11.8 Å². The lowest BCUT2D eigenvalue weighted by Crippen LogP contribution is -2.24. The second-order valence-corrected chi connectivity index (χ2v) is 8.82. The Bertz CT molecular complexity index is 1330. The van der Waals surface area contributed by atoms with Crippen LogP contribution in [0.2, 0.25) is 0 Å². The number of carbonyl (C=O) groups excluding carboxylic acids is 2. The summed E-state index contributed by atoms with van der Waals surface area (Å²) in [7, 11) is 1.52. The summed E-state index contributed by atoms with van der Waals surface area (Å²) in [6.07, 6.45) is 1.21. The Labute approximate surface area is 189 Å². The third-order valence-electron chi connectivity index (χ3n) is 5.68. The maximum Gasteiger partial charge on any atom is 0.289 e. The number of amides is 2. The fraction of sp³-hybridized carbons (Fsp3) is 0.200. The van der Waals surface area contributed by atoms with Crippen molar-refractivity contribution in [2.24, 2.45) is 0 Å². The van der Waals surface area contributed by atoms with Crippen LogP contribution < -0.4 is 0 Å². The molecule has 1 saturated heterocycles. The molecular weight excluding hydrogens is 422 g/mol. The number of carbonyl (C=O) groups is 2. The van der Waals surface area contributed by atoms with E-state index in [0.717, 1.165) is 50.9 Å². The third-order valence-corrected chi connectivity index (χ3v) is 6.85. The second kappa shape index (κ2) is 8.24. The van der Waals surface area contributed by atoms with Gasteiger partial charge in [-0.3, -0.25) is 19.5 Å². The molecule has 3 heterocycles. The highest BCUT2D eigenvalue weighted by molar-refractivity contribution is 8.14. The molecule has 1 aliphatic heterocycles. The zero-order valence-corrected chi connectivity index (χ0v) is 18.6. The summed E-state index contributed by atoms with van der Waals surface area (Å²) < 4.78 is 5.89. The molecule has 1 unspecified atom stereocenters. The lowest BCUT2D eigenvalue weighted by molar-refractivity contribution is -0.125. The highest BCUT2D eigenvalue weighted by Crippen LogP contribution is 2.40. The average molecular weight is 444 g/mol. The van der Waals surface area contributed by atoms with Crippen molar-refractivity contribution in [2.75, 3.05) is 7.05 Å². The Kier molecular flexibility index (Phi) is 5.27. The number of pyridine rings is 1. The van der Waals surface area contributed by atoms with Gasteiger partial charge in [-0.05, 0) is 61.4 Å². The van der Waals surface area contributed by atoms with Gasteiger partial charge in [0.25, 0.3) is 5.24 Å². The molecule has 4 aromatic rings. The fourth-order valence-electron chi connectivity index (χ4n) is 3.89. The highest BCUT2D eigenvalue weighted by atomic mass is 32.2. The number of imide groups is 1. The Morgan fingerprint density at radius 1 is 0.969 bits per heavy atom. The number of oxazole rings is 1. The summed E-state index contributed by atoms with van der Waals surface area (Å²) in [6, 6.07) is 19.6. The molecule has 5 rings (SSSR count). The summed E-state index contributed by atoms with van der Waals surface area (Å²) in [5, 5.41) is 0.141. The average Bonchev–Trinajstić information content (AvgIpc) is 3.31. The summed E-state index contributed by atoms with van der Waals surface area (Å²) >= 11 is 1.05. The van der Waals surface area contributed by atoms with Crippen LogP contribution in [0, 0.1) is 6.92 Å². The van der Waals surface area contributed by atoms with E-state index in [2.05, 4.69) is 0 Å². The van der Waals surface area contributed by atoms with E-state index in [1.54, 1.807) is 0 Å². The van der Waals surface area contributed by atoms with Crippen molar-refractivity contribution >= 4 is 33.8 Å². The Balaban J connectivity index is 1.48. The first-order valence-electron chi connectivity index (χ1n) is 10.4. The van der Waals surface area contributed by atoms with Crippen molar-refractivity contribution in [1.82, 2.24) is 14.9 Å². The highest BCUT2D eigenvalue weighted by Gasteiger charge is 2.39. The van der Waals surface area contributed by atoms with Crippen molar-refractivity contribution in [3.8, 4) is 11.5 Å². The van der Waals surface area contributed by atoms with E-state index in [-0.39, 0.29) is 11.1 Å². The van der Waals surface area contributed by atoms with Gasteiger partial charge >= 0.3 is 0 Å². The van der Waals surface area contributed by atoms with E-state index in [1.807, 2.05) is 67.6 Å². The van der Waals surface area contributed by atoms with Crippen molar-refractivity contribution in [3.05, 3.63) is 83.4 Å². The van der Waals surface area contributed by atoms with Crippen LogP contribution in [-0.4, -0.2) is 33.1 Å². The SMILES string of the molecule is Cc1oc(-c2ccccc2)nc1CCc1nc2ccccc2cc1C1SC(=O)N(C)C1=O. The van der Waals surface area contributed by atoms with Gasteiger partial charge in [-0.2, -0.15) is 0 Å². The minimum atomic E-state index is -0.571. The van der Waals surface area contributed by atoms with Crippen molar-refractivity contribution in [2.45, 2.75) is 25.0 Å². The molecule has 2 aromatic heterocycles. The molecular formula is C25H21N3O3S. The van der Waals surface area contributed by atoms with Gasteiger partial charge in [0, 0.05) is 23.7 Å². The van der Waals surface area contributed by atoms with Crippen LogP contribution in [0.25, 0.3) is 22.4 Å². The van der Waals surface area contributed by atoms with Crippen LogP contribution in [0.3, 0.4) is 0 Å². The first-order valence-corrected chi connectivity index (χ1v) is 11.3. The van der Waals surface area contributed by atoms with E-state index in [4.69, 9.17) is 14.4 Å². The standard InChI is InChI=1S/C25H21N3O3S/c1-15-19(27-23(31-15)16-8-4-3-5-9-16)12-13-21-18(22-24(29)28(2)25(30)32-22)14-17-10-6-7-11-20(17)26-21/h3-11,14,22H,12-13H2,1-2H3. The van der Waals surface area contributed by atoms with Crippen LogP contribution in [-0.2, 0) is 17.6 Å². The smallest absolute Gasteiger partial charge is 0.289 e. The van der Waals surface area contributed by atoms with Crippen molar-refractivity contribution < 1.29 is 14.0 Å². The Morgan fingerprint density at radius 3 is 2.44 bits per heavy atom. The molecule has 2 aromatic carbocycles. The Morgan fingerprint density at radius 2 is 1.69 bits per heavy atom. The number of hydrogen-bond acceptors (Lipinski definition) is 6. The number of fused-ring (bicyclic) bond motifs is 1. The maximum absolute atomic E-state index is 12.7. The van der Waals surface area contributed by atoms with Crippen molar-refractivity contribution in [1.29, 1.82) is 0 Å². The molecule has 0 spiro atoms. The van der Waals surface area contributed by atoms with Gasteiger partial charge in [0.1, 0.15) is 11.0 Å². The molecule has 6 nitrogen and oxygen atoms in total. The van der Waals surface area contributed by atoms with Gasteiger partial charge in [-0.15, -0.1) is 0 Å². The summed E-state index contributed by atoms with van der Waals surface area (Å²) in [4.78, 5) is 35.6. The molecule has 160 valence electrons. The van der Waals surface area contributed by atoms with E-state index in [1.165, 1.54) is 11.9 Å². The summed E-state index contributed by atoms with van der Waals surface area (Å²) in [5.41, 5.74) is 4.26. The quantitative estimate of drug-likeness (QED) is 0.414. The molecule has 32 heavy (non-hydrogen) atoms. The minimum Gasteiger partial charge on any atom is -0.441 e. The number of aryl methyl sites for hydroxylation is 3. The zero-order valence-electron chi connectivity index (χ0n) is 17.7. The summed E-state index contributed by atoms with van der Waals surface area (Å²) in [5.74, 6) is 1.16. The van der Waals surface area contributed by atoms with E-state index < -0.39 is 5.25 Å². The van der Waals surface area contributed by atoms with Gasteiger partial charge < -0.3 is 4.42 Å². The molecule has 0 radical (unpaired) electrons. The molecule has 0 N–H and O–H groups in total. The van der Waals surface area contributed by atoms with Crippen molar-refractivity contribution in [3.63, 3.8) is 0 Å². The number of aromatic nitrogens is 2. The normalized spacial score (nSPS) is 16.3. The monoisotopic (exact) mass is 443 g/mol. The molecule has 0 bridgehead atoms. The second-order valence-electron chi connectivity index (χ2n) is 7.77. The molecule has 0 saturated carbocycles. The number of para-hydroxylation sites is 1. The number of thioether (sulfide) groups is 1. The van der Waals surface area contributed by atoms with Gasteiger partial charge in [0.05, 0.1) is 11.2 Å². The largest absolute Gasteiger partial charge is 0.441 e. The van der Waals surface area contributed by atoms with Gasteiger partial charge in [-0.25, -0.2) is 4.98 Å². The number of rotatable bonds is 5. The number of benzene rings is 2. The topological polar surface area (TPSA) is 76.3 Å². The number of hydrogen-bond donors (Lipinski definition) is 0. The van der Waals surface area contributed by atoms with Crippen LogP contribution in [0.4, 0.5) is 4.79 Å². The van der Waals surface area contributed by atoms with Gasteiger partial charge in [-0.1, -0.05) is 36.4 Å². The van der Waals surface area contributed by atoms with E-state index in [9.17, 15) is 9.59 Å². The molecule has 0 aliphatic carbocycles. The minimum absolute atomic E-state index is 0.206. The van der Waals surface area contributed by atoms with Gasteiger partial charge in [0.15, 0.2) is 0 Å². The lowest BCUT2D eigenvalue weighted by atomic mass is 10.0. The van der Waals surface area contributed by atoms with Gasteiger partial charge in [0.2, 0.25) is 11.8 Å². The zero-order chi connectivity index (χ0) is 22.2. The lowest BCUT2D eigenvalue weighted by Gasteiger charge is -2.14. The molecule has 7 heteroatoms. The maximum atomic E-state index is 12.7. The number of likely N-dealkylation sites (N-methyl/N-ethyl adjacent to an activating group) is 1. The molecule has 1 aliphatic rings. The predicted molar refractivity (Wildman–Crippen MR) is 124 cm³/mol. The first kappa shape index (κ1) is 20.5. The Hall–Kier alpha value is -3.45. The van der Waals surface area contributed by atoms with E-state index in [0.29, 0.717) is 18.7 Å². The first-order chi connectivity index (χ1) is 15.5. The van der Waals surface area contributed by atoms with Crippen LogP contribution in [0.15, 0.2) is 65.1 Å². The predicted octanol–water partition coefficient (Wildman–Crippen LogP) is 5.35. The third kappa shape index (κ3) is 3.69. The molecule has 1 fully saturated rings. The molecule has 2 amide bonds. The van der Waals surface area contributed by atoms with Crippen LogP contribution in [0.5, 0.6) is 0 Å². The molecule has 1 atom stereocenters. The van der Waals surface area contributed by atoms with E-state index >= 15 is 0 Å². The summed E-state index contributed by atoms with van der Waals surface area (Å²) in [6.45, 7) is 1.91. The number of nitrogens with zero attached hydrogens (tertiary/aromatic N) is 3. The van der Waals surface area contributed by atoms with Crippen LogP contribution in [0.1, 0.15) is 28.0 Å².